The van der Waals surface area contributed by atoms with Gasteiger partial charge >= 0.3 is 0 Å². The molecule has 3 rings (SSSR count). The molecule has 1 aliphatic heterocycles. The van der Waals surface area contributed by atoms with E-state index in [1.54, 1.807) is 18.3 Å². The van der Waals surface area contributed by atoms with Gasteiger partial charge in [-0.25, -0.2) is 4.98 Å². The standard InChI is InChI=1S/C17H17N3O2/c18-10-13-1-3-15(4-2-13)20-11-14-5-7-19-17(9-14)22-16-6-8-21-12-16/h1-5,7,9,16,20H,6,8,11-12H2. The van der Waals surface area contributed by atoms with Crippen LogP contribution in [-0.4, -0.2) is 24.3 Å². The highest BCUT2D eigenvalue weighted by Gasteiger charge is 2.17. The first kappa shape index (κ1) is 14.4. The van der Waals surface area contributed by atoms with E-state index in [9.17, 15) is 0 Å². The van der Waals surface area contributed by atoms with Crippen LogP contribution >= 0.6 is 0 Å². The number of nitrogens with one attached hydrogen (secondary N) is 1. The first-order valence-corrected chi connectivity index (χ1v) is 7.27. The van der Waals surface area contributed by atoms with Crippen molar-refractivity contribution in [1.29, 1.82) is 5.26 Å². The Morgan fingerprint density at radius 2 is 2.18 bits per heavy atom. The minimum atomic E-state index is 0.106. The Kier molecular flexibility index (Phi) is 4.52. The molecule has 1 aliphatic rings. The van der Waals surface area contributed by atoms with Crippen molar-refractivity contribution in [1.82, 2.24) is 4.98 Å². The molecule has 0 spiro atoms. The number of hydrogen-bond acceptors (Lipinski definition) is 5. The van der Waals surface area contributed by atoms with Crippen LogP contribution in [0.1, 0.15) is 17.5 Å². The summed E-state index contributed by atoms with van der Waals surface area (Å²) >= 11 is 0. The predicted molar refractivity (Wildman–Crippen MR) is 82.6 cm³/mol. The van der Waals surface area contributed by atoms with Crippen LogP contribution in [0.2, 0.25) is 0 Å². The highest BCUT2D eigenvalue weighted by atomic mass is 16.5. The van der Waals surface area contributed by atoms with Crippen LogP contribution in [0.5, 0.6) is 5.88 Å². The second-order valence-corrected chi connectivity index (χ2v) is 5.15. The van der Waals surface area contributed by atoms with Crippen LogP contribution in [0, 0.1) is 11.3 Å². The average Bonchev–Trinajstić information content (AvgIpc) is 3.07. The summed E-state index contributed by atoms with van der Waals surface area (Å²) < 4.78 is 11.1. The Balaban J connectivity index is 1.58. The quantitative estimate of drug-likeness (QED) is 0.918. The Morgan fingerprint density at radius 3 is 2.91 bits per heavy atom. The van der Waals surface area contributed by atoms with Gasteiger partial charge < -0.3 is 14.8 Å². The third-order valence-corrected chi connectivity index (χ3v) is 3.49. The van der Waals surface area contributed by atoms with E-state index < -0.39 is 0 Å². The molecule has 2 heterocycles. The van der Waals surface area contributed by atoms with Crippen LogP contribution in [0.25, 0.3) is 0 Å². The van der Waals surface area contributed by atoms with Crippen LogP contribution < -0.4 is 10.1 Å². The molecule has 22 heavy (non-hydrogen) atoms. The highest BCUT2D eigenvalue weighted by Crippen LogP contribution is 2.17. The lowest BCUT2D eigenvalue weighted by atomic mass is 10.2. The molecule has 0 aliphatic carbocycles. The van der Waals surface area contributed by atoms with Crippen molar-refractivity contribution < 1.29 is 9.47 Å². The Bertz CT molecular complexity index is 658. The van der Waals surface area contributed by atoms with Gasteiger partial charge in [-0.05, 0) is 35.9 Å². The SMILES string of the molecule is N#Cc1ccc(NCc2ccnc(OC3CCOC3)c2)cc1. The molecule has 0 bridgehead atoms. The van der Waals surface area contributed by atoms with Gasteiger partial charge in [-0.1, -0.05) is 0 Å². The summed E-state index contributed by atoms with van der Waals surface area (Å²) in [4.78, 5) is 4.24. The van der Waals surface area contributed by atoms with Crippen molar-refractivity contribution in [3.8, 4) is 11.9 Å². The molecule has 1 N–H and O–H groups in total. The molecule has 1 saturated heterocycles. The van der Waals surface area contributed by atoms with Crippen molar-refractivity contribution in [3.63, 3.8) is 0 Å². The Labute approximate surface area is 129 Å². The second-order valence-electron chi connectivity index (χ2n) is 5.15. The number of pyridine rings is 1. The van der Waals surface area contributed by atoms with Crippen LogP contribution in [0.3, 0.4) is 0 Å². The lowest BCUT2D eigenvalue weighted by Gasteiger charge is -2.12. The average molecular weight is 295 g/mol. The number of anilines is 1. The minimum absolute atomic E-state index is 0.106. The van der Waals surface area contributed by atoms with Gasteiger partial charge in [0.1, 0.15) is 6.10 Å². The summed E-state index contributed by atoms with van der Waals surface area (Å²) in [5, 5.41) is 12.1. The van der Waals surface area contributed by atoms with Crippen molar-refractivity contribution >= 4 is 5.69 Å². The maximum Gasteiger partial charge on any atom is 0.213 e. The van der Waals surface area contributed by atoms with E-state index in [0.29, 0.717) is 24.6 Å². The van der Waals surface area contributed by atoms with Gasteiger partial charge in [0.15, 0.2) is 0 Å². The first-order chi connectivity index (χ1) is 10.8. The van der Waals surface area contributed by atoms with Gasteiger partial charge in [0, 0.05) is 30.9 Å². The third-order valence-electron chi connectivity index (χ3n) is 3.49. The fraction of sp³-hybridized carbons (Fsp3) is 0.294. The number of nitriles is 1. The van der Waals surface area contributed by atoms with E-state index >= 15 is 0 Å². The molecule has 5 heteroatoms. The Morgan fingerprint density at radius 1 is 1.32 bits per heavy atom. The first-order valence-electron chi connectivity index (χ1n) is 7.27. The predicted octanol–water partition coefficient (Wildman–Crippen LogP) is 2.73. The fourth-order valence-electron chi connectivity index (χ4n) is 2.27. The van der Waals surface area contributed by atoms with E-state index in [-0.39, 0.29) is 6.10 Å². The van der Waals surface area contributed by atoms with Crippen molar-refractivity contribution in [2.45, 2.75) is 19.1 Å². The summed E-state index contributed by atoms with van der Waals surface area (Å²) in [6.07, 6.45) is 2.77. The largest absolute Gasteiger partial charge is 0.472 e. The molecular formula is C17H17N3O2. The Hall–Kier alpha value is -2.58. The highest BCUT2D eigenvalue weighted by molar-refractivity contribution is 5.47. The molecular weight excluding hydrogens is 278 g/mol. The molecule has 0 saturated carbocycles. The van der Waals surface area contributed by atoms with Crippen molar-refractivity contribution in [2.75, 3.05) is 18.5 Å². The van der Waals surface area contributed by atoms with Gasteiger partial charge in [-0.3, -0.25) is 0 Å². The summed E-state index contributed by atoms with van der Waals surface area (Å²) in [5.41, 5.74) is 2.72. The summed E-state index contributed by atoms with van der Waals surface area (Å²) in [6, 6.07) is 13.4. The number of benzene rings is 1. The second kappa shape index (κ2) is 6.92. The lowest BCUT2D eigenvalue weighted by molar-refractivity contribution is 0.138. The van der Waals surface area contributed by atoms with Gasteiger partial charge in [0.05, 0.1) is 24.8 Å². The molecule has 5 nitrogen and oxygen atoms in total. The number of ether oxygens (including phenoxy) is 2. The van der Waals surface area contributed by atoms with Crippen LogP contribution in [0.15, 0.2) is 42.6 Å². The molecule has 0 amide bonds. The van der Waals surface area contributed by atoms with Gasteiger partial charge in [0.2, 0.25) is 5.88 Å². The maximum absolute atomic E-state index is 8.78. The zero-order valence-electron chi connectivity index (χ0n) is 12.2. The van der Waals surface area contributed by atoms with E-state index in [1.165, 1.54) is 0 Å². The molecule has 1 aromatic heterocycles. The summed E-state index contributed by atoms with van der Waals surface area (Å²) in [6.45, 7) is 2.06. The van der Waals surface area contributed by atoms with E-state index in [0.717, 1.165) is 24.3 Å². The van der Waals surface area contributed by atoms with E-state index in [4.69, 9.17) is 14.7 Å². The molecule has 1 unspecified atom stereocenters. The van der Waals surface area contributed by atoms with Gasteiger partial charge in [-0.15, -0.1) is 0 Å². The molecule has 1 aromatic carbocycles. The van der Waals surface area contributed by atoms with Crippen molar-refractivity contribution in [3.05, 3.63) is 53.7 Å². The number of nitrogens with zero attached hydrogens (tertiary/aromatic N) is 2. The molecule has 1 fully saturated rings. The summed E-state index contributed by atoms with van der Waals surface area (Å²) in [7, 11) is 0. The number of hydrogen-bond donors (Lipinski definition) is 1. The minimum Gasteiger partial charge on any atom is -0.472 e. The third kappa shape index (κ3) is 3.74. The van der Waals surface area contributed by atoms with Gasteiger partial charge in [-0.2, -0.15) is 5.26 Å². The topological polar surface area (TPSA) is 67.2 Å². The molecule has 1 atom stereocenters. The molecule has 2 aromatic rings. The zero-order valence-corrected chi connectivity index (χ0v) is 12.2. The smallest absolute Gasteiger partial charge is 0.213 e. The normalized spacial score (nSPS) is 17.0. The summed E-state index contributed by atoms with van der Waals surface area (Å²) in [5.74, 6) is 0.634. The number of aromatic nitrogens is 1. The zero-order chi connectivity index (χ0) is 15.2. The lowest BCUT2D eigenvalue weighted by Crippen LogP contribution is -2.16. The monoisotopic (exact) mass is 295 g/mol. The van der Waals surface area contributed by atoms with E-state index in [2.05, 4.69) is 16.4 Å². The molecule has 112 valence electrons. The molecule has 0 radical (unpaired) electrons. The van der Waals surface area contributed by atoms with Gasteiger partial charge in [0.25, 0.3) is 0 Å². The maximum atomic E-state index is 8.78. The fourth-order valence-corrected chi connectivity index (χ4v) is 2.27. The van der Waals surface area contributed by atoms with E-state index in [1.807, 2.05) is 24.3 Å². The van der Waals surface area contributed by atoms with Crippen LogP contribution in [0.4, 0.5) is 5.69 Å². The van der Waals surface area contributed by atoms with Crippen molar-refractivity contribution in [2.24, 2.45) is 0 Å². The number of rotatable bonds is 5. The van der Waals surface area contributed by atoms with Crippen LogP contribution in [-0.2, 0) is 11.3 Å².